The van der Waals surface area contributed by atoms with Crippen molar-refractivity contribution in [1.82, 2.24) is 0 Å². The maximum Gasteiger partial charge on any atom is 0.226 e. The number of carbonyl (C=O) groups is 2. The van der Waals surface area contributed by atoms with Crippen LogP contribution in [0, 0.1) is 51.4 Å². The summed E-state index contributed by atoms with van der Waals surface area (Å²) in [6, 6.07) is 2.07. The summed E-state index contributed by atoms with van der Waals surface area (Å²) in [5.74, 6) is 0.489. The van der Waals surface area contributed by atoms with Gasteiger partial charge in [-0.25, -0.2) is 4.85 Å². The Kier molecular flexibility index (Phi) is 6.63. The van der Waals surface area contributed by atoms with Gasteiger partial charge in [0.2, 0.25) is 5.70 Å². The fourth-order valence-corrected chi connectivity index (χ4v) is 7.74. The van der Waals surface area contributed by atoms with Crippen molar-refractivity contribution in [1.29, 1.82) is 5.26 Å². The summed E-state index contributed by atoms with van der Waals surface area (Å²) in [5, 5.41) is 19.4. The molecular formula is C30H40N2O3. The molecule has 0 aliphatic heterocycles. The zero-order chi connectivity index (χ0) is 26.6. The topological polar surface area (TPSA) is 82.5 Å². The maximum atomic E-state index is 12.3. The number of Topliss-reactive ketones (excluding diaryl/α,β-unsaturated/α-hetero) is 2. The van der Waals surface area contributed by atoms with Crippen molar-refractivity contribution in [3.05, 3.63) is 46.5 Å². The number of aliphatic hydroxyl groups is 1. The van der Waals surface area contributed by atoms with Crippen LogP contribution in [0.25, 0.3) is 4.85 Å². The molecule has 4 aliphatic carbocycles. The summed E-state index contributed by atoms with van der Waals surface area (Å²) in [5.41, 5.74) is 0.0551. The van der Waals surface area contributed by atoms with Gasteiger partial charge in [-0.3, -0.25) is 4.79 Å². The average molecular weight is 477 g/mol. The van der Waals surface area contributed by atoms with Gasteiger partial charge in [0.05, 0.1) is 17.7 Å². The Morgan fingerprint density at radius 1 is 1.00 bits per heavy atom. The van der Waals surface area contributed by atoms with E-state index >= 15 is 0 Å². The molecule has 5 atom stereocenters. The van der Waals surface area contributed by atoms with Crippen molar-refractivity contribution < 1.29 is 14.7 Å². The Hall–Kier alpha value is -2.50. The van der Waals surface area contributed by atoms with Gasteiger partial charge in [-0.15, -0.1) is 0 Å². The van der Waals surface area contributed by atoms with Crippen molar-refractivity contribution in [3.63, 3.8) is 0 Å². The third-order valence-corrected chi connectivity index (χ3v) is 9.26. The Morgan fingerprint density at radius 2 is 1.60 bits per heavy atom. The van der Waals surface area contributed by atoms with E-state index in [1.165, 1.54) is 5.57 Å². The SMILES string of the molecule is CC1=CC[C@H]2C(C)(C)C(=O)C(C#N)=C[C@]2(C)C1.[C-]#[N+]C1=C[C@]2(C)C[C@@](C)(O)CC[C@H]2C(C)(C)C1=O. The van der Waals surface area contributed by atoms with E-state index in [0.29, 0.717) is 17.9 Å². The van der Waals surface area contributed by atoms with E-state index in [9.17, 15) is 14.7 Å². The lowest BCUT2D eigenvalue weighted by Crippen LogP contribution is -2.52. The lowest BCUT2D eigenvalue weighted by atomic mass is 9.51. The average Bonchev–Trinajstić information content (AvgIpc) is 2.72. The van der Waals surface area contributed by atoms with Gasteiger partial charge in [-0.2, -0.15) is 5.26 Å². The van der Waals surface area contributed by atoms with Crippen LogP contribution < -0.4 is 0 Å². The van der Waals surface area contributed by atoms with E-state index < -0.39 is 16.4 Å². The molecule has 0 aromatic heterocycles. The Morgan fingerprint density at radius 3 is 2.17 bits per heavy atom. The van der Waals surface area contributed by atoms with E-state index in [1.807, 2.05) is 46.8 Å². The van der Waals surface area contributed by atoms with Crippen LogP contribution in [0.3, 0.4) is 0 Å². The fourth-order valence-electron chi connectivity index (χ4n) is 7.74. The van der Waals surface area contributed by atoms with E-state index in [4.69, 9.17) is 11.8 Å². The molecule has 0 heterocycles. The zero-order valence-corrected chi connectivity index (χ0v) is 22.6. The van der Waals surface area contributed by atoms with Crippen LogP contribution in [0.4, 0.5) is 0 Å². The highest BCUT2D eigenvalue weighted by atomic mass is 16.3. The Labute approximate surface area is 210 Å². The van der Waals surface area contributed by atoms with Gasteiger partial charge in [-0.05, 0) is 68.6 Å². The Bertz CT molecular complexity index is 1120. The summed E-state index contributed by atoms with van der Waals surface area (Å²) in [6.07, 6.45) is 10.1. The third kappa shape index (κ3) is 4.56. The van der Waals surface area contributed by atoms with Crippen LogP contribution in [0.1, 0.15) is 87.5 Å². The number of fused-ring (bicyclic) bond motifs is 2. The van der Waals surface area contributed by atoms with Gasteiger partial charge >= 0.3 is 0 Å². The molecule has 0 aromatic carbocycles. The van der Waals surface area contributed by atoms with Crippen molar-refractivity contribution >= 4 is 11.6 Å². The molecule has 0 bridgehead atoms. The van der Waals surface area contributed by atoms with Crippen molar-refractivity contribution in [3.8, 4) is 6.07 Å². The standard InChI is InChI=1S/C15H21NO2.C15H19NO/c1-13(2)11-6-7-15(4,18)9-14(11,3)8-10(16-5)12(13)17;1-10-5-6-12-14(2,3)13(17)11(9-16)8-15(12,4)7-10/h8,11,18H,6-7,9H2,1-4H3;5,8,12H,6-7H2,1-4H3/t11-,14+,15-;12-,15-/m00/s1. The highest BCUT2D eigenvalue weighted by Gasteiger charge is 2.55. The van der Waals surface area contributed by atoms with Gasteiger partial charge in [0.15, 0.2) is 11.6 Å². The Balaban J connectivity index is 0.000000196. The third-order valence-electron chi connectivity index (χ3n) is 9.26. The molecule has 5 nitrogen and oxygen atoms in total. The molecule has 35 heavy (non-hydrogen) atoms. The van der Waals surface area contributed by atoms with Crippen LogP contribution in [-0.2, 0) is 9.59 Å². The number of hydrogen-bond donors (Lipinski definition) is 1. The van der Waals surface area contributed by atoms with Crippen molar-refractivity contribution in [2.24, 2.45) is 33.5 Å². The molecule has 0 unspecified atom stereocenters. The first-order valence-corrected chi connectivity index (χ1v) is 12.6. The van der Waals surface area contributed by atoms with Crippen LogP contribution in [-0.4, -0.2) is 22.3 Å². The minimum atomic E-state index is -0.689. The normalized spacial score (nSPS) is 39.2. The summed E-state index contributed by atoms with van der Waals surface area (Å²) < 4.78 is 0. The smallest absolute Gasteiger partial charge is 0.226 e. The minimum Gasteiger partial charge on any atom is -0.390 e. The number of carbonyl (C=O) groups excluding carboxylic acids is 2. The second-order valence-corrected chi connectivity index (χ2v) is 13.2. The van der Waals surface area contributed by atoms with Crippen LogP contribution in [0.15, 0.2) is 35.1 Å². The molecule has 5 heteroatoms. The second-order valence-electron chi connectivity index (χ2n) is 13.2. The van der Waals surface area contributed by atoms with E-state index in [1.54, 1.807) is 0 Å². The first-order chi connectivity index (χ1) is 15.9. The molecule has 4 aliphatic rings. The highest BCUT2D eigenvalue weighted by Crippen LogP contribution is 2.57. The molecule has 1 N–H and O–H groups in total. The van der Waals surface area contributed by atoms with Crippen LogP contribution in [0.2, 0.25) is 0 Å². The summed E-state index contributed by atoms with van der Waals surface area (Å²) in [4.78, 5) is 27.9. The molecule has 1 fully saturated rings. The van der Waals surface area contributed by atoms with E-state index in [-0.39, 0.29) is 34.0 Å². The van der Waals surface area contributed by atoms with Gasteiger partial charge in [0, 0.05) is 10.8 Å². The lowest BCUT2D eigenvalue weighted by molar-refractivity contribution is -0.136. The maximum absolute atomic E-state index is 12.3. The summed E-state index contributed by atoms with van der Waals surface area (Å²) in [6.45, 7) is 23.3. The summed E-state index contributed by atoms with van der Waals surface area (Å²) in [7, 11) is 0. The lowest BCUT2D eigenvalue weighted by Gasteiger charge is -2.54. The summed E-state index contributed by atoms with van der Waals surface area (Å²) >= 11 is 0. The van der Waals surface area contributed by atoms with Gasteiger partial charge in [0.1, 0.15) is 6.07 Å². The van der Waals surface area contributed by atoms with Crippen LogP contribution in [0.5, 0.6) is 0 Å². The van der Waals surface area contributed by atoms with Gasteiger partial charge < -0.3 is 9.90 Å². The number of nitriles is 1. The first-order valence-electron chi connectivity index (χ1n) is 12.6. The predicted octanol–water partition coefficient (Wildman–Crippen LogP) is 6.36. The minimum absolute atomic E-state index is 0.00966. The van der Waals surface area contributed by atoms with E-state index in [0.717, 1.165) is 25.7 Å². The van der Waals surface area contributed by atoms with Gasteiger partial charge in [-0.1, -0.05) is 65.3 Å². The fraction of sp³-hybridized carbons (Fsp3) is 0.667. The number of nitrogens with zero attached hydrogens (tertiary/aromatic N) is 2. The molecule has 1 saturated carbocycles. The number of ketones is 2. The quantitative estimate of drug-likeness (QED) is 0.325. The zero-order valence-electron chi connectivity index (χ0n) is 22.6. The first kappa shape index (κ1) is 27.1. The molecule has 0 amide bonds. The van der Waals surface area contributed by atoms with Crippen molar-refractivity contribution in [2.45, 2.75) is 93.1 Å². The second kappa shape index (κ2) is 8.56. The molecule has 0 saturated heterocycles. The highest BCUT2D eigenvalue weighted by molar-refractivity contribution is 6.04. The van der Waals surface area contributed by atoms with Crippen LogP contribution >= 0.6 is 0 Å². The van der Waals surface area contributed by atoms with Crippen molar-refractivity contribution in [2.75, 3.05) is 0 Å². The molecule has 0 aromatic rings. The molecule has 4 rings (SSSR count). The molecule has 0 radical (unpaired) electrons. The number of rotatable bonds is 0. The predicted molar refractivity (Wildman–Crippen MR) is 137 cm³/mol. The molecule has 188 valence electrons. The molecule has 0 spiro atoms. The number of hydrogen-bond acceptors (Lipinski definition) is 4. The molecular weight excluding hydrogens is 436 g/mol. The van der Waals surface area contributed by atoms with Gasteiger partial charge in [0.25, 0.3) is 0 Å². The largest absolute Gasteiger partial charge is 0.390 e. The van der Waals surface area contributed by atoms with E-state index in [2.05, 4.69) is 37.8 Å². The monoisotopic (exact) mass is 476 g/mol. The number of allylic oxidation sites excluding steroid dienone is 6.